The number of rotatable bonds is 13. The molecule has 3 aliphatic rings. The molecule has 2 saturated carbocycles. The number of aryl methyl sites for hydroxylation is 2. The van der Waals surface area contributed by atoms with E-state index in [9.17, 15) is 18.7 Å². The molecule has 2 aromatic rings. The summed E-state index contributed by atoms with van der Waals surface area (Å²) in [7, 11) is 0. The van der Waals surface area contributed by atoms with E-state index in [-0.39, 0.29) is 31.3 Å². The second kappa shape index (κ2) is 11.2. The van der Waals surface area contributed by atoms with Crippen LogP contribution >= 0.6 is 0 Å². The van der Waals surface area contributed by atoms with Gasteiger partial charge in [0.1, 0.15) is 11.9 Å². The van der Waals surface area contributed by atoms with Crippen molar-refractivity contribution < 1.29 is 18.7 Å². The molecule has 10 heteroatoms. The number of alkyl halides is 2. The molecule has 3 heterocycles. The van der Waals surface area contributed by atoms with E-state index in [0.29, 0.717) is 19.0 Å². The summed E-state index contributed by atoms with van der Waals surface area (Å²) < 4.78 is 27.3. The van der Waals surface area contributed by atoms with Crippen LogP contribution in [0.2, 0.25) is 0 Å². The van der Waals surface area contributed by atoms with Crippen LogP contribution in [0.15, 0.2) is 24.5 Å². The predicted octanol–water partition coefficient (Wildman–Crippen LogP) is 4.48. The molecular weight excluding hydrogens is 478 g/mol. The van der Waals surface area contributed by atoms with Crippen LogP contribution in [0.1, 0.15) is 74.1 Å². The van der Waals surface area contributed by atoms with Crippen molar-refractivity contribution in [3.05, 3.63) is 41.3 Å². The topological polar surface area (TPSA) is 103 Å². The Bertz CT molecular complexity index is 1070. The zero-order valence-electron chi connectivity index (χ0n) is 21.1. The lowest BCUT2D eigenvalue weighted by Crippen LogP contribution is -2.52. The van der Waals surface area contributed by atoms with Crippen LogP contribution in [0.4, 0.5) is 20.5 Å². The summed E-state index contributed by atoms with van der Waals surface area (Å²) in [5, 5.41) is 16.0. The lowest BCUT2D eigenvalue weighted by Gasteiger charge is -2.43. The van der Waals surface area contributed by atoms with Crippen LogP contribution in [0.25, 0.3) is 0 Å². The number of aliphatic carboxylic acids is 1. The molecule has 3 N–H and O–H groups in total. The number of aromatic nitrogens is 3. The van der Waals surface area contributed by atoms with Gasteiger partial charge in [-0.3, -0.25) is 4.90 Å². The molecule has 0 aromatic carbocycles. The number of anilines is 2. The number of hydrogen-bond acceptors (Lipinski definition) is 7. The molecule has 1 aliphatic heterocycles. The molecule has 0 amide bonds. The fraction of sp³-hybridized carbons (Fsp3) is 0.630. The van der Waals surface area contributed by atoms with Gasteiger partial charge in [-0.25, -0.2) is 28.5 Å². The van der Waals surface area contributed by atoms with Gasteiger partial charge >= 0.3 is 5.97 Å². The minimum absolute atomic E-state index is 0.165. The number of carboxylic acids is 1. The van der Waals surface area contributed by atoms with Crippen molar-refractivity contribution in [2.24, 2.45) is 0 Å². The first-order valence-corrected chi connectivity index (χ1v) is 13.5. The fourth-order valence-corrected chi connectivity index (χ4v) is 5.24. The largest absolute Gasteiger partial charge is 0.480 e. The van der Waals surface area contributed by atoms with Crippen molar-refractivity contribution in [3.8, 4) is 0 Å². The van der Waals surface area contributed by atoms with Crippen molar-refractivity contribution in [3.63, 3.8) is 0 Å². The van der Waals surface area contributed by atoms with Gasteiger partial charge in [0.15, 0.2) is 0 Å². The molecule has 2 aliphatic carbocycles. The van der Waals surface area contributed by atoms with E-state index in [2.05, 4.69) is 32.7 Å². The lowest BCUT2D eigenvalue weighted by atomic mass is 9.86. The average Bonchev–Trinajstić information content (AvgIpc) is 3.72. The maximum absolute atomic E-state index is 13.6. The van der Waals surface area contributed by atoms with Gasteiger partial charge in [-0.1, -0.05) is 6.07 Å². The highest BCUT2D eigenvalue weighted by atomic mass is 19.3. The normalized spacial score (nSPS) is 19.5. The molecule has 0 unspecified atom stereocenters. The van der Waals surface area contributed by atoms with Gasteiger partial charge in [-0.15, -0.1) is 0 Å². The number of pyridine rings is 1. The van der Waals surface area contributed by atoms with E-state index in [1.54, 1.807) is 12.4 Å². The first kappa shape index (κ1) is 25.8. The Morgan fingerprint density at radius 1 is 1.19 bits per heavy atom. The molecule has 0 radical (unpaired) electrons. The van der Waals surface area contributed by atoms with Crippen molar-refractivity contribution >= 4 is 17.7 Å². The van der Waals surface area contributed by atoms with Crippen LogP contribution in [0, 0.1) is 0 Å². The third-order valence-electron chi connectivity index (χ3n) is 7.69. The molecule has 8 nitrogen and oxygen atoms in total. The van der Waals surface area contributed by atoms with E-state index in [1.807, 2.05) is 4.90 Å². The number of nitrogens with zero attached hydrogens (tertiary/aromatic N) is 4. The summed E-state index contributed by atoms with van der Waals surface area (Å²) in [6.45, 7) is 2.03. The number of carboxylic acid groups (broad SMARTS) is 1. The van der Waals surface area contributed by atoms with Gasteiger partial charge in [0.05, 0.1) is 0 Å². The van der Waals surface area contributed by atoms with E-state index in [1.165, 1.54) is 5.56 Å². The standard InChI is InChI=1S/C27H36F2N6O2/c28-27(29)14-22(15-27)35(12-2-1-5-21-9-8-19-4-3-11-30-24(19)33-21)13-10-23(25(36)37)34-26-31-16-20(17-32-26)18-6-7-18/h8-9,16-18,22-23H,1-7,10-15H2,(H,30,33)(H,36,37)(H,31,32,34)/t23-/m0/s1. The van der Waals surface area contributed by atoms with Gasteiger partial charge in [0, 0.05) is 50.1 Å². The van der Waals surface area contributed by atoms with E-state index in [4.69, 9.17) is 4.98 Å². The van der Waals surface area contributed by atoms with Gasteiger partial charge < -0.3 is 15.7 Å². The minimum atomic E-state index is -2.62. The van der Waals surface area contributed by atoms with Crippen LogP contribution in [0.3, 0.4) is 0 Å². The molecule has 2 aromatic heterocycles. The van der Waals surface area contributed by atoms with E-state index in [0.717, 1.165) is 68.6 Å². The highest BCUT2D eigenvalue weighted by Crippen LogP contribution is 2.41. The number of halogens is 2. The molecule has 0 spiro atoms. The summed E-state index contributed by atoms with van der Waals surface area (Å²) in [6.07, 6.45) is 10.5. The maximum atomic E-state index is 13.6. The summed E-state index contributed by atoms with van der Waals surface area (Å²) in [5.74, 6) is -1.82. The summed E-state index contributed by atoms with van der Waals surface area (Å²) in [5.41, 5.74) is 3.38. The highest BCUT2D eigenvalue weighted by Gasteiger charge is 2.47. The zero-order valence-corrected chi connectivity index (χ0v) is 21.1. The first-order chi connectivity index (χ1) is 17.9. The van der Waals surface area contributed by atoms with Crippen molar-refractivity contribution in [2.45, 2.75) is 88.1 Å². The average molecular weight is 515 g/mol. The first-order valence-electron chi connectivity index (χ1n) is 13.5. The Morgan fingerprint density at radius 3 is 2.68 bits per heavy atom. The predicted molar refractivity (Wildman–Crippen MR) is 137 cm³/mol. The molecule has 200 valence electrons. The number of unbranched alkanes of at least 4 members (excludes halogenated alkanes) is 1. The quantitative estimate of drug-likeness (QED) is 0.336. The molecule has 0 saturated heterocycles. The third-order valence-corrected chi connectivity index (χ3v) is 7.69. The molecular formula is C27H36F2N6O2. The van der Waals surface area contributed by atoms with Crippen LogP contribution in [-0.4, -0.2) is 68.6 Å². The van der Waals surface area contributed by atoms with Crippen molar-refractivity contribution in [1.82, 2.24) is 19.9 Å². The molecule has 2 fully saturated rings. The summed E-state index contributed by atoms with van der Waals surface area (Å²) in [6, 6.07) is 3.12. The molecule has 0 bridgehead atoms. The second-order valence-corrected chi connectivity index (χ2v) is 10.7. The smallest absolute Gasteiger partial charge is 0.326 e. The molecule has 37 heavy (non-hydrogen) atoms. The summed E-state index contributed by atoms with van der Waals surface area (Å²) in [4.78, 5) is 27.2. The van der Waals surface area contributed by atoms with Crippen LogP contribution in [-0.2, 0) is 17.6 Å². The van der Waals surface area contributed by atoms with Crippen molar-refractivity contribution in [2.75, 3.05) is 30.3 Å². The lowest BCUT2D eigenvalue weighted by molar-refractivity contribution is -0.139. The summed E-state index contributed by atoms with van der Waals surface area (Å²) >= 11 is 0. The Morgan fingerprint density at radius 2 is 1.97 bits per heavy atom. The second-order valence-electron chi connectivity index (χ2n) is 10.7. The van der Waals surface area contributed by atoms with Crippen LogP contribution in [0.5, 0.6) is 0 Å². The fourth-order valence-electron chi connectivity index (χ4n) is 5.24. The number of fused-ring (bicyclic) bond motifs is 1. The highest BCUT2D eigenvalue weighted by molar-refractivity contribution is 5.76. The van der Waals surface area contributed by atoms with Crippen LogP contribution < -0.4 is 10.6 Å². The monoisotopic (exact) mass is 514 g/mol. The van der Waals surface area contributed by atoms with E-state index >= 15 is 0 Å². The Labute approximate surface area is 216 Å². The van der Waals surface area contributed by atoms with E-state index < -0.39 is 17.9 Å². The Hall–Kier alpha value is -2.88. The number of hydrogen-bond donors (Lipinski definition) is 3. The Kier molecular flexibility index (Phi) is 7.83. The minimum Gasteiger partial charge on any atom is -0.480 e. The van der Waals surface area contributed by atoms with Gasteiger partial charge in [0.25, 0.3) is 5.92 Å². The van der Waals surface area contributed by atoms with Gasteiger partial charge in [-0.2, -0.15) is 0 Å². The Balaban J connectivity index is 1.12. The SMILES string of the molecule is O=C(O)[C@H](CCN(CCCCc1ccc2c(n1)NCCC2)C1CC(F)(F)C1)Nc1ncc(C2CC2)cn1. The van der Waals surface area contributed by atoms with Crippen molar-refractivity contribution in [1.29, 1.82) is 0 Å². The number of nitrogens with one attached hydrogen (secondary N) is 2. The van der Waals surface area contributed by atoms with Gasteiger partial charge in [0.2, 0.25) is 5.95 Å². The maximum Gasteiger partial charge on any atom is 0.326 e. The zero-order chi connectivity index (χ0) is 25.8. The van der Waals surface area contributed by atoms with Gasteiger partial charge in [-0.05, 0) is 81.0 Å². The third kappa shape index (κ3) is 6.91. The molecule has 1 atom stereocenters. The number of carbonyl (C=O) groups is 1. The molecule has 5 rings (SSSR count).